The molecule has 4 nitrogen and oxygen atoms in total. The molecule has 142 valence electrons. The Kier molecular flexibility index (Phi) is 5.50. The molecule has 0 aliphatic heterocycles. The molecule has 2 heterocycles. The van der Waals surface area contributed by atoms with E-state index in [0.29, 0.717) is 6.54 Å². The number of amides is 2. The molecule has 4 rings (SSSR count). The van der Waals surface area contributed by atoms with Gasteiger partial charge in [-0.1, -0.05) is 36.4 Å². The molecule has 0 aliphatic carbocycles. The minimum atomic E-state index is -0.225. The van der Waals surface area contributed by atoms with Crippen LogP contribution in [0.4, 0.5) is 10.5 Å². The van der Waals surface area contributed by atoms with Crippen molar-refractivity contribution in [2.45, 2.75) is 20.0 Å². The Balaban J connectivity index is 1.66. The Morgan fingerprint density at radius 2 is 1.86 bits per heavy atom. The number of rotatable bonds is 5. The molecule has 0 bridgehead atoms. The maximum atomic E-state index is 12.5. The highest BCUT2D eigenvalue weighted by atomic mass is 79.9. The standard InChI is InChI=1S/C22H20BrN3OS/c1-2-26-19-11-6-3-8-15(19)16(21(26)20-12-7-13-28-20)14-24-22(27)25-18-10-5-4-9-17(18)23/h3-13H,2,14H2,1H3,(H2,24,25,27). The molecule has 2 aromatic carbocycles. The normalized spacial score (nSPS) is 10.9. The van der Waals surface area contributed by atoms with Crippen LogP contribution in [-0.4, -0.2) is 10.6 Å². The summed E-state index contributed by atoms with van der Waals surface area (Å²) in [5, 5.41) is 9.19. The van der Waals surface area contributed by atoms with Crippen molar-refractivity contribution in [1.29, 1.82) is 0 Å². The van der Waals surface area contributed by atoms with Gasteiger partial charge in [-0.25, -0.2) is 4.79 Å². The summed E-state index contributed by atoms with van der Waals surface area (Å²) < 4.78 is 3.18. The van der Waals surface area contributed by atoms with Crippen molar-refractivity contribution in [3.63, 3.8) is 0 Å². The Morgan fingerprint density at radius 1 is 1.07 bits per heavy atom. The largest absolute Gasteiger partial charge is 0.340 e. The quantitative estimate of drug-likeness (QED) is 0.357. The first-order valence-electron chi connectivity index (χ1n) is 9.12. The van der Waals surface area contributed by atoms with Crippen molar-refractivity contribution >= 4 is 49.9 Å². The summed E-state index contributed by atoms with van der Waals surface area (Å²) in [5.41, 5.74) is 4.26. The molecule has 0 unspecified atom stereocenters. The zero-order valence-corrected chi connectivity index (χ0v) is 17.8. The summed E-state index contributed by atoms with van der Waals surface area (Å²) in [7, 11) is 0. The lowest BCUT2D eigenvalue weighted by atomic mass is 10.1. The van der Waals surface area contributed by atoms with Crippen LogP contribution in [0.2, 0.25) is 0 Å². The van der Waals surface area contributed by atoms with E-state index in [4.69, 9.17) is 0 Å². The molecule has 2 N–H and O–H groups in total. The number of halogens is 1. The van der Waals surface area contributed by atoms with Crippen LogP contribution in [0.1, 0.15) is 12.5 Å². The van der Waals surface area contributed by atoms with Gasteiger partial charge in [0, 0.05) is 34.0 Å². The van der Waals surface area contributed by atoms with Gasteiger partial charge in [0.1, 0.15) is 0 Å². The van der Waals surface area contributed by atoms with Crippen molar-refractivity contribution < 1.29 is 4.79 Å². The molecule has 6 heteroatoms. The van der Waals surface area contributed by atoms with E-state index < -0.39 is 0 Å². The monoisotopic (exact) mass is 453 g/mol. The number of aromatic nitrogens is 1. The molecule has 2 aromatic heterocycles. The summed E-state index contributed by atoms with van der Waals surface area (Å²) in [6, 6.07) is 19.9. The highest BCUT2D eigenvalue weighted by Crippen LogP contribution is 2.36. The maximum absolute atomic E-state index is 12.5. The second-order valence-corrected chi connectivity index (χ2v) is 8.16. The Morgan fingerprint density at radius 3 is 2.61 bits per heavy atom. The summed E-state index contributed by atoms with van der Waals surface area (Å²) in [4.78, 5) is 13.7. The van der Waals surface area contributed by atoms with Gasteiger partial charge < -0.3 is 15.2 Å². The van der Waals surface area contributed by atoms with Gasteiger partial charge in [0.25, 0.3) is 0 Å². The smallest absolute Gasteiger partial charge is 0.319 e. The molecule has 28 heavy (non-hydrogen) atoms. The van der Waals surface area contributed by atoms with E-state index in [-0.39, 0.29) is 6.03 Å². The van der Waals surface area contributed by atoms with Crippen LogP contribution in [-0.2, 0) is 13.1 Å². The first kappa shape index (κ1) is 18.8. The van der Waals surface area contributed by atoms with E-state index in [9.17, 15) is 4.79 Å². The van der Waals surface area contributed by atoms with E-state index in [1.54, 1.807) is 11.3 Å². The molecule has 0 spiro atoms. The highest BCUT2D eigenvalue weighted by molar-refractivity contribution is 9.10. The van der Waals surface area contributed by atoms with Crippen molar-refractivity contribution in [2.24, 2.45) is 0 Å². The van der Waals surface area contributed by atoms with Gasteiger partial charge in [-0.15, -0.1) is 11.3 Å². The number of nitrogens with one attached hydrogen (secondary N) is 2. The number of anilines is 1. The first-order valence-corrected chi connectivity index (χ1v) is 10.8. The molecular formula is C22H20BrN3OS. The van der Waals surface area contributed by atoms with Crippen LogP contribution in [0.5, 0.6) is 0 Å². The van der Waals surface area contributed by atoms with Crippen LogP contribution in [0, 0.1) is 0 Å². The average molecular weight is 454 g/mol. The summed E-state index contributed by atoms with van der Waals surface area (Å²) in [6.45, 7) is 3.48. The van der Waals surface area contributed by atoms with Crippen molar-refractivity contribution in [3.05, 3.63) is 76.1 Å². The van der Waals surface area contributed by atoms with Crippen molar-refractivity contribution in [1.82, 2.24) is 9.88 Å². The summed E-state index contributed by atoms with van der Waals surface area (Å²) >= 11 is 5.18. The number of aryl methyl sites for hydroxylation is 1. The number of nitrogens with zero attached hydrogens (tertiary/aromatic N) is 1. The molecule has 2 amide bonds. The van der Waals surface area contributed by atoms with Crippen LogP contribution >= 0.6 is 27.3 Å². The lowest BCUT2D eigenvalue weighted by Gasteiger charge is -2.11. The zero-order valence-electron chi connectivity index (χ0n) is 15.4. The van der Waals surface area contributed by atoms with Crippen LogP contribution in [0.3, 0.4) is 0 Å². The lowest BCUT2D eigenvalue weighted by Crippen LogP contribution is -2.28. The number of carbonyl (C=O) groups is 1. The van der Waals surface area contributed by atoms with Gasteiger partial charge in [-0.3, -0.25) is 0 Å². The first-order chi connectivity index (χ1) is 13.7. The summed E-state index contributed by atoms with van der Waals surface area (Å²) in [6.07, 6.45) is 0. The number of hydrogen-bond acceptors (Lipinski definition) is 2. The molecule has 0 radical (unpaired) electrons. The van der Waals surface area contributed by atoms with E-state index >= 15 is 0 Å². The molecule has 4 aromatic rings. The van der Waals surface area contributed by atoms with Crippen molar-refractivity contribution in [2.75, 3.05) is 5.32 Å². The second kappa shape index (κ2) is 8.20. The average Bonchev–Trinajstić information content (AvgIpc) is 3.33. The number of hydrogen-bond donors (Lipinski definition) is 2. The van der Waals surface area contributed by atoms with Gasteiger partial charge in [0.2, 0.25) is 0 Å². The molecule has 0 aliphatic rings. The Hall–Kier alpha value is -2.57. The third-order valence-corrected chi connectivity index (χ3v) is 6.26. The van der Waals surface area contributed by atoms with Crippen LogP contribution < -0.4 is 10.6 Å². The van der Waals surface area contributed by atoms with Crippen LogP contribution in [0.15, 0.2) is 70.5 Å². The highest BCUT2D eigenvalue weighted by Gasteiger charge is 2.19. The molecule has 0 atom stereocenters. The number of urea groups is 1. The number of para-hydroxylation sites is 2. The fourth-order valence-electron chi connectivity index (χ4n) is 3.48. The second-order valence-electron chi connectivity index (χ2n) is 6.35. The van der Waals surface area contributed by atoms with Crippen molar-refractivity contribution in [3.8, 4) is 10.6 Å². The van der Waals surface area contributed by atoms with Gasteiger partial charge in [0.05, 0.1) is 16.3 Å². The minimum Gasteiger partial charge on any atom is -0.340 e. The number of thiophene rings is 1. The van der Waals surface area contributed by atoms with Gasteiger partial charge in [-0.05, 0) is 52.5 Å². The Labute approximate surface area is 176 Å². The van der Waals surface area contributed by atoms with Crippen LogP contribution in [0.25, 0.3) is 21.5 Å². The summed E-state index contributed by atoms with van der Waals surface area (Å²) in [5.74, 6) is 0. The fraction of sp³-hybridized carbons (Fsp3) is 0.136. The van der Waals surface area contributed by atoms with Gasteiger partial charge >= 0.3 is 6.03 Å². The third-order valence-electron chi connectivity index (χ3n) is 4.69. The van der Waals surface area contributed by atoms with Gasteiger partial charge in [0.15, 0.2) is 0 Å². The van der Waals surface area contributed by atoms with E-state index in [1.807, 2.05) is 30.3 Å². The van der Waals surface area contributed by atoms with E-state index in [0.717, 1.165) is 22.3 Å². The topological polar surface area (TPSA) is 46.1 Å². The molecular weight excluding hydrogens is 434 g/mol. The Bertz CT molecular complexity index is 1120. The number of benzene rings is 2. The number of carbonyl (C=O) groups excluding carboxylic acids is 1. The molecule has 0 saturated heterocycles. The number of fused-ring (bicyclic) bond motifs is 1. The third kappa shape index (κ3) is 3.57. The zero-order chi connectivity index (χ0) is 19.5. The SMILES string of the molecule is CCn1c(-c2cccs2)c(CNC(=O)Nc2ccccc2Br)c2ccccc21. The predicted molar refractivity (Wildman–Crippen MR) is 121 cm³/mol. The van der Waals surface area contributed by atoms with E-state index in [1.165, 1.54) is 21.5 Å². The maximum Gasteiger partial charge on any atom is 0.319 e. The molecule has 0 saturated carbocycles. The van der Waals surface area contributed by atoms with Gasteiger partial charge in [-0.2, -0.15) is 0 Å². The van der Waals surface area contributed by atoms with E-state index in [2.05, 4.69) is 73.8 Å². The fourth-order valence-corrected chi connectivity index (χ4v) is 4.67. The predicted octanol–water partition coefficient (Wildman–Crippen LogP) is 6.47. The molecule has 0 fully saturated rings. The minimum absolute atomic E-state index is 0.225. The lowest BCUT2D eigenvalue weighted by molar-refractivity contribution is 0.252.